The first-order valence-electron chi connectivity index (χ1n) is 8.73. The molecule has 8 heteroatoms. The molecule has 1 heterocycles. The minimum atomic E-state index is 0.000757. The predicted molar refractivity (Wildman–Crippen MR) is 100 cm³/mol. The van der Waals surface area contributed by atoms with Crippen LogP contribution >= 0.6 is 23.4 Å². The summed E-state index contributed by atoms with van der Waals surface area (Å²) < 4.78 is 11.1. The number of hydrogen-bond donors (Lipinski definition) is 1. The van der Waals surface area contributed by atoms with Crippen molar-refractivity contribution in [1.82, 2.24) is 15.5 Å². The number of amides is 1. The van der Waals surface area contributed by atoms with Gasteiger partial charge in [-0.2, -0.15) is 0 Å². The molecule has 6 nitrogen and oxygen atoms in total. The van der Waals surface area contributed by atoms with Crippen molar-refractivity contribution in [2.24, 2.45) is 5.92 Å². The summed E-state index contributed by atoms with van der Waals surface area (Å²) >= 11 is 7.26. The Labute approximate surface area is 162 Å². The molecule has 1 aromatic heterocycles. The molecule has 26 heavy (non-hydrogen) atoms. The Morgan fingerprint density at radius 2 is 2.15 bits per heavy atom. The number of benzene rings is 1. The molecule has 1 fully saturated rings. The summed E-state index contributed by atoms with van der Waals surface area (Å²) in [4.78, 5) is 12.1. The van der Waals surface area contributed by atoms with Crippen molar-refractivity contribution >= 4 is 29.3 Å². The predicted octanol–water partition coefficient (Wildman–Crippen LogP) is 4.09. The topological polar surface area (TPSA) is 77.2 Å². The molecule has 0 aliphatic heterocycles. The lowest BCUT2D eigenvalue weighted by molar-refractivity contribution is -0.119. The molecule has 2 aromatic rings. The van der Waals surface area contributed by atoms with E-state index in [-0.39, 0.29) is 24.3 Å². The van der Waals surface area contributed by atoms with E-state index in [0.717, 1.165) is 6.42 Å². The van der Waals surface area contributed by atoms with Gasteiger partial charge in [0.25, 0.3) is 11.1 Å². The van der Waals surface area contributed by atoms with Crippen molar-refractivity contribution in [2.75, 3.05) is 5.75 Å². The van der Waals surface area contributed by atoms with Crippen LogP contribution < -0.4 is 10.1 Å². The smallest absolute Gasteiger partial charge is 0.277 e. The van der Waals surface area contributed by atoms with Crippen molar-refractivity contribution in [3.63, 3.8) is 0 Å². The van der Waals surface area contributed by atoms with Crippen LogP contribution in [0.2, 0.25) is 5.02 Å². The Hall–Kier alpha value is -1.73. The third-order valence-electron chi connectivity index (χ3n) is 4.42. The molecule has 0 saturated heterocycles. The Morgan fingerprint density at radius 1 is 1.35 bits per heavy atom. The molecule has 1 N–H and O–H groups in total. The summed E-state index contributed by atoms with van der Waals surface area (Å²) in [6.07, 6.45) is 4.67. The number of halogens is 1. The lowest BCUT2D eigenvalue weighted by Gasteiger charge is -2.29. The van der Waals surface area contributed by atoms with E-state index in [0.29, 0.717) is 27.8 Å². The highest BCUT2D eigenvalue weighted by molar-refractivity contribution is 7.99. The number of carbonyl (C=O) groups is 1. The van der Waals surface area contributed by atoms with Crippen LogP contribution in [0.15, 0.2) is 33.9 Å². The fourth-order valence-electron chi connectivity index (χ4n) is 2.96. The van der Waals surface area contributed by atoms with Gasteiger partial charge in [-0.05, 0) is 30.9 Å². The van der Waals surface area contributed by atoms with Crippen LogP contribution in [0, 0.1) is 5.92 Å². The van der Waals surface area contributed by atoms with Gasteiger partial charge in [0.05, 0.1) is 10.8 Å². The summed E-state index contributed by atoms with van der Waals surface area (Å²) in [5.74, 6) is 1.70. The number of rotatable bonds is 7. The van der Waals surface area contributed by atoms with Gasteiger partial charge in [0.15, 0.2) is 6.61 Å². The average molecular weight is 396 g/mol. The molecule has 1 amide bonds. The van der Waals surface area contributed by atoms with Crippen molar-refractivity contribution < 1.29 is 13.9 Å². The quantitative estimate of drug-likeness (QED) is 0.711. The number of ether oxygens (including phenoxy) is 1. The molecule has 2 atom stereocenters. The Morgan fingerprint density at radius 3 is 2.96 bits per heavy atom. The van der Waals surface area contributed by atoms with Gasteiger partial charge < -0.3 is 14.5 Å². The fraction of sp³-hybridized carbons (Fsp3) is 0.500. The summed E-state index contributed by atoms with van der Waals surface area (Å²) in [5, 5.41) is 11.9. The zero-order valence-electron chi connectivity index (χ0n) is 14.6. The molecule has 1 saturated carbocycles. The second-order valence-corrected chi connectivity index (χ2v) is 7.74. The Kier molecular flexibility index (Phi) is 6.80. The molecule has 1 aliphatic rings. The van der Waals surface area contributed by atoms with Crippen LogP contribution in [0.5, 0.6) is 5.75 Å². The number of nitrogens with one attached hydrogen (secondary N) is 1. The molecule has 140 valence electrons. The van der Waals surface area contributed by atoms with Gasteiger partial charge in [0, 0.05) is 6.04 Å². The highest BCUT2D eigenvalue weighted by Crippen LogP contribution is 2.25. The Balaban J connectivity index is 1.43. The van der Waals surface area contributed by atoms with Gasteiger partial charge in [-0.1, -0.05) is 55.3 Å². The standard InChI is InChI=1S/C18H22ClN3O3S/c1-12-6-2-4-8-14(12)20-16(23)11-26-18-22-21-17(25-18)10-24-15-9-5-3-7-13(15)19/h3,5,7,9,12,14H,2,4,6,8,10-11H2,1H3,(H,20,23)/t12-,14-/m1/s1. The van der Waals surface area contributed by atoms with Crippen molar-refractivity contribution in [3.8, 4) is 5.75 Å². The zero-order chi connectivity index (χ0) is 18.4. The molecular formula is C18H22ClN3O3S. The normalized spacial score (nSPS) is 19.9. The minimum Gasteiger partial charge on any atom is -0.482 e. The third kappa shape index (κ3) is 5.38. The van der Waals surface area contributed by atoms with Crippen LogP contribution in [0.4, 0.5) is 0 Å². The minimum absolute atomic E-state index is 0.000757. The molecule has 0 unspecified atom stereocenters. The Bertz CT molecular complexity index is 740. The lowest BCUT2D eigenvalue weighted by atomic mass is 9.86. The summed E-state index contributed by atoms with van der Waals surface area (Å²) in [5.41, 5.74) is 0. The number of aromatic nitrogens is 2. The third-order valence-corrected chi connectivity index (χ3v) is 5.55. The maximum Gasteiger partial charge on any atom is 0.277 e. The van der Waals surface area contributed by atoms with Gasteiger partial charge in [-0.3, -0.25) is 4.79 Å². The van der Waals surface area contributed by atoms with E-state index < -0.39 is 0 Å². The number of carbonyl (C=O) groups excluding carboxylic acids is 1. The van der Waals surface area contributed by atoms with E-state index in [4.69, 9.17) is 20.8 Å². The maximum absolute atomic E-state index is 12.1. The molecule has 1 aliphatic carbocycles. The van der Waals surface area contributed by atoms with E-state index in [9.17, 15) is 4.79 Å². The second-order valence-electron chi connectivity index (χ2n) is 6.41. The molecular weight excluding hydrogens is 374 g/mol. The van der Waals surface area contributed by atoms with Gasteiger partial charge in [0.1, 0.15) is 5.75 Å². The summed E-state index contributed by atoms with van der Waals surface area (Å²) in [6, 6.07) is 7.46. The van der Waals surface area contributed by atoms with Crippen LogP contribution in [0.1, 0.15) is 38.5 Å². The fourth-order valence-corrected chi connectivity index (χ4v) is 3.74. The lowest BCUT2D eigenvalue weighted by Crippen LogP contribution is -2.41. The molecule has 0 spiro atoms. The molecule has 3 rings (SSSR count). The van der Waals surface area contributed by atoms with E-state index in [1.165, 1.54) is 31.0 Å². The number of para-hydroxylation sites is 1. The first-order chi connectivity index (χ1) is 12.6. The first kappa shape index (κ1) is 19.0. The number of nitrogens with zero attached hydrogens (tertiary/aromatic N) is 2. The van der Waals surface area contributed by atoms with Crippen LogP contribution in [0.3, 0.4) is 0 Å². The largest absolute Gasteiger partial charge is 0.482 e. The highest BCUT2D eigenvalue weighted by Gasteiger charge is 2.23. The van der Waals surface area contributed by atoms with Gasteiger partial charge in [-0.25, -0.2) is 0 Å². The molecule has 0 radical (unpaired) electrons. The van der Waals surface area contributed by atoms with E-state index in [1.54, 1.807) is 12.1 Å². The van der Waals surface area contributed by atoms with Crippen LogP contribution in [0.25, 0.3) is 0 Å². The second kappa shape index (κ2) is 9.28. The zero-order valence-corrected chi connectivity index (χ0v) is 16.2. The van der Waals surface area contributed by atoms with Crippen molar-refractivity contribution in [2.45, 2.75) is 50.5 Å². The maximum atomic E-state index is 12.1. The van der Waals surface area contributed by atoms with E-state index >= 15 is 0 Å². The van der Waals surface area contributed by atoms with E-state index in [1.807, 2.05) is 12.1 Å². The van der Waals surface area contributed by atoms with Gasteiger partial charge >= 0.3 is 0 Å². The summed E-state index contributed by atoms with van der Waals surface area (Å²) in [6.45, 7) is 2.32. The van der Waals surface area contributed by atoms with Crippen LogP contribution in [-0.4, -0.2) is 27.9 Å². The van der Waals surface area contributed by atoms with Gasteiger partial charge in [-0.15, -0.1) is 10.2 Å². The SMILES string of the molecule is C[C@@H]1CCCC[C@H]1NC(=O)CSc1nnc(COc2ccccc2Cl)o1. The number of thioether (sulfide) groups is 1. The van der Waals surface area contributed by atoms with Crippen LogP contribution in [-0.2, 0) is 11.4 Å². The first-order valence-corrected chi connectivity index (χ1v) is 10.1. The highest BCUT2D eigenvalue weighted by atomic mass is 35.5. The van der Waals surface area contributed by atoms with Crippen molar-refractivity contribution in [3.05, 3.63) is 35.2 Å². The average Bonchev–Trinajstić information content (AvgIpc) is 3.09. The van der Waals surface area contributed by atoms with Crippen molar-refractivity contribution in [1.29, 1.82) is 0 Å². The molecule has 1 aromatic carbocycles. The molecule has 0 bridgehead atoms. The monoisotopic (exact) mass is 395 g/mol. The summed E-state index contributed by atoms with van der Waals surface area (Å²) in [7, 11) is 0. The van der Waals surface area contributed by atoms with Gasteiger partial charge in [0.2, 0.25) is 5.91 Å². The number of hydrogen-bond acceptors (Lipinski definition) is 6. The van der Waals surface area contributed by atoms with E-state index in [2.05, 4.69) is 22.4 Å².